The molecule has 0 heterocycles. The van der Waals surface area contributed by atoms with E-state index >= 15 is 0 Å². The molecule has 3 rings (SSSR count). The Morgan fingerprint density at radius 2 is 1.58 bits per heavy atom. The summed E-state index contributed by atoms with van der Waals surface area (Å²) in [5.41, 5.74) is 1.36. The van der Waals surface area contributed by atoms with E-state index in [9.17, 15) is 9.59 Å². The summed E-state index contributed by atoms with van der Waals surface area (Å²) in [6, 6.07) is 17.1. The van der Waals surface area contributed by atoms with Gasteiger partial charge in [-0.3, -0.25) is 9.59 Å². The standard InChI is InChI=1S/C23H19Cl2NO4S/c1-29-20-4-3-5-21(30-2)22(20)23(28)26-15-7-9-16(10-8-15)31-13-19(27)17-11-6-14(24)12-18(17)25/h3-12H,13H2,1-2H3,(H,26,28). The molecule has 1 N–H and O–H groups in total. The Morgan fingerprint density at radius 3 is 2.16 bits per heavy atom. The summed E-state index contributed by atoms with van der Waals surface area (Å²) >= 11 is 13.3. The predicted octanol–water partition coefficient (Wildman–Crippen LogP) is 6.24. The number of carbonyl (C=O) groups excluding carboxylic acids is 2. The van der Waals surface area contributed by atoms with Crippen LogP contribution in [0.3, 0.4) is 0 Å². The van der Waals surface area contributed by atoms with E-state index in [1.165, 1.54) is 26.0 Å². The van der Waals surface area contributed by atoms with Crippen molar-refractivity contribution in [3.8, 4) is 11.5 Å². The van der Waals surface area contributed by atoms with Gasteiger partial charge in [-0.1, -0.05) is 29.3 Å². The van der Waals surface area contributed by atoms with Gasteiger partial charge in [0.2, 0.25) is 0 Å². The van der Waals surface area contributed by atoms with E-state index in [4.69, 9.17) is 32.7 Å². The van der Waals surface area contributed by atoms with E-state index in [1.54, 1.807) is 48.5 Å². The van der Waals surface area contributed by atoms with Crippen molar-refractivity contribution in [2.45, 2.75) is 4.90 Å². The number of halogens is 2. The molecule has 0 aliphatic carbocycles. The molecule has 5 nitrogen and oxygen atoms in total. The molecule has 0 atom stereocenters. The van der Waals surface area contributed by atoms with E-state index < -0.39 is 0 Å². The third kappa shape index (κ3) is 5.73. The number of ether oxygens (including phenoxy) is 2. The molecule has 0 fully saturated rings. The molecule has 0 unspecified atom stereocenters. The average molecular weight is 476 g/mol. The number of benzene rings is 3. The minimum atomic E-state index is -0.345. The van der Waals surface area contributed by atoms with Gasteiger partial charge in [-0.05, 0) is 54.6 Å². The molecule has 0 bridgehead atoms. The van der Waals surface area contributed by atoms with Crippen LogP contribution in [0.25, 0.3) is 0 Å². The van der Waals surface area contributed by atoms with Crippen molar-refractivity contribution in [2.75, 3.05) is 25.3 Å². The molecule has 8 heteroatoms. The molecule has 3 aromatic rings. The normalized spacial score (nSPS) is 10.5. The Balaban J connectivity index is 1.64. The summed E-state index contributed by atoms with van der Waals surface area (Å²) < 4.78 is 10.6. The number of hydrogen-bond acceptors (Lipinski definition) is 5. The zero-order valence-electron chi connectivity index (χ0n) is 16.8. The van der Waals surface area contributed by atoms with Crippen molar-refractivity contribution in [1.29, 1.82) is 0 Å². The fourth-order valence-electron chi connectivity index (χ4n) is 2.85. The van der Waals surface area contributed by atoms with Gasteiger partial charge in [0.1, 0.15) is 17.1 Å². The number of nitrogens with one attached hydrogen (secondary N) is 1. The summed E-state index contributed by atoms with van der Waals surface area (Å²) in [7, 11) is 2.99. The highest BCUT2D eigenvalue weighted by molar-refractivity contribution is 8.00. The summed E-state index contributed by atoms with van der Waals surface area (Å²) in [5, 5.41) is 3.65. The van der Waals surface area contributed by atoms with Gasteiger partial charge in [0, 0.05) is 21.2 Å². The number of anilines is 1. The van der Waals surface area contributed by atoms with Crippen LogP contribution in [0.4, 0.5) is 5.69 Å². The molecular formula is C23H19Cl2NO4S. The first-order chi connectivity index (χ1) is 14.9. The summed E-state index contributed by atoms with van der Waals surface area (Å²) in [6.07, 6.45) is 0. The van der Waals surface area contributed by atoms with Crippen LogP contribution in [0.2, 0.25) is 10.0 Å². The first kappa shape index (κ1) is 23.0. The maximum absolute atomic E-state index is 12.7. The number of thioether (sulfide) groups is 1. The molecule has 0 saturated carbocycles. The van der Waals surface area contributed by atoms with Gasteiger partial charge in [-0.15, -0.1) is 11.8 Å². The number of ketones is 1. The summed E-state index contributed by atoms with van der Waals surface area (Å²) in [4.78, 5) is 26.0. The maximum Gasteiger partial charge on any atom is 0.263 e. The molecular weight excluding hydrogens is 457 g/mol. The van der Waals surface area contributed by atoms with Gasteiger partial charge < -0.3 is 14.8 Å². The topological polar surface area (TPSA) is 64.6 Å². The van der Waals surface area contributed by atoms with Gasteiger partial charge in [-0.2, -0.15) is 0 Å². The molecule has 0 spiro atoms. The van der Waals surface area contributed by atoms with Gasteiger partial charge >= 0.3 is 0 Å². The Bertz CT molecular complexity index is 1080. The maximum atomic E-state index is 12.7. The largest absolute Gasteiger partial charge is 0.496 e. The third-order valence-electron chi connectivity index (χ3n) is 4.37. The number of Topliss-reactive ketones (excluding diaryl/α,β-unsaturated/α-hetero) is 1. The molecule has 3 aromatic carbocycles. The smallest absolute Gasteiger partial charge is 0.263 e. The zero-order valence-corrected chi connectivity index (χ0v) is 19.1. The van der Waals surface area contributed by atoms with E-state index in [0.717, 1.165) is 4.90 Å². The van der Waals surface area contributed by atoms with Crippen LogP contribution in [-0.2, 0) is 0 Å². The Kier molecular flexibility index (Phi) is 7.85. The SMILES string of the molecule is COc1cccc(OC)c1C(=O)Nc1ccc(SCC(=O)c2ccc(Cl)cc2Cl)cc1. The van der Waals surface area contributed by atoms with Crippen LogP contribution in [0.1, 0.15) is 20.7 Å². The van der Waals surface area contributed by atoms with Crippen molar-refractivity contribution >= 4 is 52.3 Å². The van der Waals surface area contributed by atoms with E-state index in [2.05, 4.69) is 5.32 Å². The van der Waals surface area contributed by atoms with Crippen LogP contribution < -0.4 is 14.8 Å². The Hall–Kier alpha value is -2.67. The van der Waals surface area contributed by atoms with Crippen molar-refractivity contribution in [2.24, 2.45) is 0 Å². The molecule has 0 aliphatic heterocycles. The highest BCUT2D eigenvalue weighted by Gasteiger charge is 2.18. The van der Waals surface area contributed by atoms with E-state index in [0.29, 0.717) is 38.4 Å². The van der Waals surface area contributed by atoms with Gasteiger partial charge in [0.15, 0.2) is 5.78 Å². The van der Waals surface area contributed by atoms with Crippen LogP contribution in [-0.4, -0.2) is 31.7 Å². The lowest BCUT2D eigenvalue weighted by Crippen LogP contribution is -2.14. The monoisotopic (exact) mass is 475 g/mol. The van der Waals surface area contributed by atoms with E-state index in [1.807, 2.05) is 12.1 Å². The second kappa shape index (κ2) is 10.6. The lowest BCUT2D eigenvalue weighted by molar-refractivity contribution is 0.101. The van der Waals surface area contributed by atoms with Crippen LogP contribution in [0.15, 0.2) is 65.6 Å². The lowest BCUT2D eigenvalue weighted by Gasteiger charge is -2.13. The van der Waals surface area contributed by atoms with Crippen molar-refractivity contribution < 1.29 is 19.1 Å². The van der Waals surface area contributed by atoms with Crippen LogP contribution >= 0.6 is 35.0 Å². The molecule has 0 radical (unpaired) electrons. The fraction of sp³-hybridized carbons (Fsp3) is 0.130. The molecule has 0 saturated heterocycles. The average Bonchev–Trinajstić information content (AvgIpc) is 2.77. The highest BCUT2D eigenvalue weighted by Crippen LogP contribution is 2.30. The molecule has 0 aromatic heterocycles. The lowest BCUT2D eigenvalue weighted by atomic mass is 10.1. The summed E-state index contributed by atoms with van der Waals surface area (Å²) in [6.45, 7) is 0. The number of rotatable bonds is 8. The number of carbonyl (C=O) groups is 2. The second-order valence-electron chi connectivity index (χ2n) is 6.35. The van der Waals surface area contributed by atoms with Crippen LogP contribution in [0, 0.1) is 0 Å². The van der Waals surface area contributed by atoms with E-state index in [-0.39, 0.29) is 17.4 Å². The van der Waals surface area contributed by atoms with Crippen LogP contribution in [0.5, 0.6) is 11.5 Å². The predicted molar refractivity (Wildman–Crippen MR) is 125 cm³/mol. The molecule has 0 aliphatic rings. The number of hydrogen-bond donors (Lipinski definition) is 1. The minimum Gasteiger partial charge on any atom is -0.496 e. The Labute approximate surface area is 194 Å². The number of amides is 1. The zero-order chi connectivity index (χ0) is 22.4. The summed E-state index contributed by atoms with van der Waals surface area (Å²) in [5.74, 6) is 0.632. The number of methoxy groups -OCH3 is 2. The molecule has 160 valence electrons. The third-order valence-corrected chi connectivity index (χ3v) is 5.93. The second-order valence-corrected chi connectivity index (χ2v) is 8.24. The minimum absolute atomic E-state index is 0.0905. The van der Waals surface area contributed by atoms with Crippen molar-refractivity contribution in [1.82, 2.24) is 0 Å². The van der Waals surface area contributed by atoms with Crippen molar-refractivity contribution in [3.63, 3.8) is 0 Å². The van der Waals surface area contributed by atoms with Gasteiger partial charge in [-0.25, -0.2) is 0 Å². The first-order valence-electron chi connectivity index (χ1n) is 9.16. The first-order valence-corrected chi connectivity index (χ1v) is 10.9. The Morgan fingerprint density at radius 1 is 0.935 bits per heavy atom. The van der Waals surface area contributed by atoms with Gasteiger partial charge in [0.05, 0.1) is 25.0 Å². The van der Waals surface area contributed by atoms with Crippen molar-refractivity contribution in [3.05, 3.63) is 81.8 Å². The highest BCUT2D eigenvalue weighted by atomic mass is 35.5. The fourth-order valence-corrected chi connectivity index (χ4v) is 4.14. The van der Waals surface area contributed by atoms with Gasteiger partial charge in [0.25, 0.3) is 5.91 Å². The molecule has 1 amide bonds. The molecule has 31 heavy (non-hydrogen) atoms. The quantitative estimate of drug-likeness (QED) is 0.308.